The van der Waals surface area contributed by atoms with Gasteiger partial charge in [-0.2, -0.15) is 0 Å². The monoisotopic (exact) mass is 409 g/mol. The topological polar surface area (TPSA) is 66.8 Å². The number of hydrogen-bond donors (Lipinski definition) is 1. The average Bonchev–Trinajstić information content (AvgIpc) is 2.37. The van der Waals surface area contributed by atoms with Crippen LogP contribution in [0.3, 0.4) is 0 Å². The van der Waals surface area contributed by atoms with Gasteiger partial charge < -0.3 is 10.4 Å². The van der Waals surface area contributed by atoms with Gasteiger partial charge in [0.25, 0.3) is 0 Å². The van der Waals surface area contributed by atoms with Gasteiger partial charge in [0.05, 0.1) is 6.54 Å². The van der Waals surface area contributed by atoms with Crippen molar-refractivity contribution in [1.29, 1.82) is 0 Å². The van der Waals surface area contributed by atoms with Crippen LogP contribution in [0.4, 0.5) is 0 Å². The van der Waals surface area contributed by atoms with E-state index in [1.807, 2.05) is 0 Å². The summed E-state index contributed by atoms with van der Waals surface area (Å²) in [5.74, 6) is 1.46. The molecule has 0 aromatic rings. The van der Waals surface area contributed by atoms with Gasteiger partial charge in [-0.15, -0.1) is 0 Å². The smallest absolute Gasteiger partial charge is 0.149 e. The fourth-order valence-electron chi connectivity index (χ4n) is 3.90. The molecular formula is C15H26IN2O3-. The quantitative estimate of drug-likeness (QED) is 0.440. The van der Waals surface area contributed by atoms with Gasteiger partial charge in [0.2, 0.25) is 0 Å². The van der Waals surface area contributed by atoms with Gasteiger partial charge in [-0.05, 0) is 37.5 Å². The molecule has 1 N–H and O–H groups in total. The average molecular weight is 409 g/mol. The summed E-state index contributed by atoms with van der Waals surface area (Å²) in [7, 11) is 0. The van der Waals surface area contributed by atoms with Crippen molar-refractivity contribution < 1.29 is 10.0 Å². The predicted octanol–water partition coefficient (Wildman–Crippen LogP) is 2.69. The van der Waals surface area contributed by atoms with Gasteiger partial charge in [-0.1, -0.05) is 36.4 Å². The van der Waals surface area contributed by atoms with Gasteiger partial charge in [0.1, 0.15) is 5.78 Å². The molecule has 1 heterocycles. The summed E-state index contributed by atoms with van der Waals surface area (Å²) in [6.07, 6.45) is 3.40. The Bertz CT molecular complexity index is 357. The highest BCUT2D eigenvalue weighted by Crippen LogP contribution is 2.33. The fraction of sp³-hybridized carbons (Fsp3) is 0.933. The van der Waals surface area contributed by atoms with E-state index >= 15 is 0 Å². The second-order valence-corrected chi connectivity index (χ2v) is 8.60. The molecular weight excluding hydrogens is 383 g/mol. The van der Waals surface area contributed by atoms with Crippen molar-refractivity contribution in [1.82, 2.24) is 10.1 Å². The maximum atomic E-state index is 12.5. The second-order valence-electron chi connectivity index (χ2n) is 7.00. The maximum Gasteiger partial charge on any atom is 0.149 e. The van der Waals surface area contributed by atoms with Gasteiger partial charge in [-0.3, -0.25) is 14.9 Å². The van der Waals surface area contributed by atoms with Crippen LogP contribution >= 0.6 is 22.6 Å². The van der Waals surface area contributed by atoms with E-state index in [0.29, 0.717) is 24.8 Å². The number of carbonyl (C=O) groups excluding carboxylic acids is 1. The van der Waals surface area contributed by atoms with Crippen LogP contribution in [0.1, 0.15) is 39.5 Å². The standard InChI is InChI=1S/C15H26IN2O3/c1-10-5-11(2)8-17(7-10)9-15(19)12-3-4-13(16)14(6-12)18(20)21/h10-14,20H,3-9H2,1-2H3/q-1. The first-order valence-corrected chi connectivity index (χ1v) is 9.15. The van der Waals surface area contributed by atoms with E-state index in [2.05, 4.69) is 41.3 Å². The lowest BCUT2D eigenvalue weighted by Crippen LogP contribution is -2.46. The molecule has 1 aliphatic heterocycles. The summed E-state index contributed by atoms with van der Waals surface area (Å²) in [5, 5.41) is 20.4. The number of hydroxylamine groups is 2. The molecule has 5 unspecified atom stereocenters. The van der Waals surface area contributed by atoms with Crippen molar-refractivity contribution in [3.05, 3.63) is 5.21 Å². The lowest BCUT2D eigenvalue weighted by atomic mass is 9.82. The first kappa shape index (κ1) is 17.6. The Labute approximate surface area is 140 Å². The Hall–Kier alpha value is 0.240. The maximum absolute atomic E-state index is 12.5. The molecule has 2 aliphatic rings. The number of nitrogens with zero attached hydrogens (tertiary/aromatic N) is 2. The summed E-state index contributed by atoms with van der Waals surface area (Å²) in [4.78, 5) is 14.8. The SMILES string of the molecule is CC1CC(C)CN(CC(=O)C2CCC(I)C(N([O-])O)C2)C1. The third-order valence-corrected chi connectivity index (χ3v) is 6.25. The van der Waals surface area contributed by atoms with Crippen LogP contribution in [0.25, 0.3) is 0 Å². The van der Waals surface area contributed by atoms with Crippen molar-refractivity contribution in [2.24, 2.45) is 17.8 Å². The van der Waals surface area contributed by atoms with E-state index in [1.165, 1.54) is 6.42 Å². The third-order valence-electron chi connectivity index (χ3n) is 4.80. The number of rotatable bonds is 4. The molecule has 0 amide bonds. The fourth-order valence-corrected chi connectivity index (χ4v) is 4.83. The lowest BCUT2D eigenvalue weighted by Gasteiger charge is -2.41. The molecule has 2 fully saturated rings. The zero-order valence-corrected chi connectivity index (χ0v) is 15.0. The normalized spacial score (nSPS) is 38.7. The van der Waals surface area contributed by atoms with E-state index in [1.54, 1.807) is 0 Å². The molecule has 5 nitrogen and oxygen atoms in total. The van der Waals surface area contributed by atoms with Gasteiger partial charge >= 0.3 is 0 Å². The Morgan fingerprint density at radius 1 is 1.29 bits per heavy atom. The minimum Gasteiger partial charge on any atom is -0.762 e. The summed E-state index contributed by atoms with van der Waals surface area (Å²) < 4.78 is 0.129. The van der Waals surface area contributed by atoms with Crippen molar-refractivity contribution in [3.63, 3.8) is 0 Å². The molecule has 0 bridgehead atoms. The van der Waals surface area contributed by atoms with Crippen LogP contribution in [0, 0.1) is 23.0 Å². The van der Waals surface area contributed by atoms with Crippen molar-refractivity contribution in [3.8, 4) is 0 Å². The highest BCUT2D eigenvalue weighted by atomic mass is 127. The number of alkyl halides is 1. The van der Waals surface area contributed by atoms with Crippen LogP contribution in [-0.4, -0.2) is 50.7 Å². The highest BCUT2D eigenvalue weighted by molar-refractivity contribution is 14.1. The molecule has 0 spiro atoms. The van der Waals surface area contributed by atoms with Crippen molar-refractivity contribution in [2.75, 3.05) is 19.6 Å². The molecule has 0 radical (unpaired) electrons. The summed E-state index contributed by atoms with van der Waals surface area (Å²) >= 11 is 2.20. The number of Topliss-reactive ketones (excluding diaryl/α,β-unsaturated/α-hetero) is 1. The Kier molecular flexibility index (Phi) is 6.43. The number of carbonyl (C=O) groups is 1. The van der Waals surface area contributed by atoms with E-state index in [9.17, 15) is 15.2 Å². The summed E-state index contributed by atoms with van der Waals surface area (Å²) in [5.41, 5.74) is 0. The Morgan fingerprint density at radius 3 is 2.48 bits per heavy atom. The predicted molar refractivity (Wildman–Crippen MR) is 90.3 cm³/mol. The van der Waals surface area contributed by atoms with Crippen LogP contribution < -0.4 is 0 Å². The molecule has 122 valence electrons. The van der Waals surface area contributed by atoms with Crippen molar-refractivity contribution in [2.45, 2.75) is 49.5 Å². The molecule has 21 heavy (non-hydrogen) atoms. The molecule has 1 saturated carbocycles. The first-order chi connectivity index (χ1) is 9.86. The minimum atomic E-state index is -0.437. The zero-order valence-electron chi connectivity index (χ0n) is 12.9. The van der Waals surface area contributed by atoms with Crippen LogP contribution in [0.5, 0.6) is 0 Å². The number of halogens is 1. The molecule has 1 aliphatic carbocycles. The van der Waals surface area contributed by atoms with E-state index in [0.717, 1.165) is 25.9 Å². The zero-order chi connectivity index (χ0) is 15.6. The lowest BCUT2D eigenvalue weighted by molar-refractivity contribution is -0.129. The molecule has 2 rings (SSSR count). The molecule has 0 aromatic heterocycles. The Balaban J connectivity index is 1.88. The van der Waals surface area contributed by atoms with Gasteiger partial charge in [-0.25, -0.2) is 0 Å². The third kappa shape index (κ3) is 4.86. The summed E-state index contributed by atoms with van der Waals surface area (Å²) in [6, 6.07) is -0.437. The number of hydrogen-bond acceptors (Lipinski definition) is 5. The largest absolute Gasteiger partial charge is 0.762 e. The van der Waals surface area contributed by atoms with Gasteiger partial charge in [0.15, 0.2) is 0 Å². The molecule has 5 atom stereocenters. The Morgan fingerprint density at radius 2 is 1.90 bits per heavy atom. The van der Waals surface area contributed by atoms with Crippen LogP contribution in [0.2, 0.25) is 0 Å². The van der Waals surface area contributed by atoms with Crippen molar-refractivity contribution >= 4 is 28.4 Å². The number of likely N-dealkylation sites (tertiary alicyclic amines) is 1. The van der Waals surface area contributed by atoms with E-state index in [-0.39, 0.29) is 20.9 Å². The highest BCUT2D eigenvalue weighted by Gasteiger charge is 2.34. The first-order valence-electron chi connectivity index (χ1n) is 7.91. The number of piperidine rings is 1. The van der Waals surface area contributed by atoms with E-state index in [4.69, 9.17) is 0 Å². The molecule has 0 aromatic carbocycles. The minimum absolute atomic E-state index is 0.0571. The van der Waals surface area contributed by atoms with Crippen LogP contribution in [0.15, 0.2) is 0 Å². The second kappa shape index (κ2) is 7.68. The van der Waals surface area contributed by atoms with Crippen LogP contribution in [-0.2, 0) is 4.79 Å². The molecule has 1 saturated heterocycles. The summed E-state index contributed by atoms with van der Waals surface area (Å²) in [6.45, 7) is 6.98. The van der Waals surface area contributed by atoms with Gasteiger partial charge in [0, 0.05) is 29.0 Å². The van der Waals surface area contributed by atoms with E-state index < -0.39 is 6.04 Å². The number of ketones is 1. The molecule has 6 heteroatoms.